The van der Waals surface area contributed by atoms with E-state index in [2.05, 4.69) is 4.90 Å². The van der Waals surface area contributed by atoms with Gasteiger partial charge in [-0.1, -0.05) is 30.3 Å². The number of nitrogens with two attached hydrogens (primary N) is 1. The van der Waals surface area contributed by atoms with E-state index in [0.717, 1.165) is 34.9 Å². The van der Waals surface area contributed by atoms with Crippen LogP contribution in [0, 0.1) is 0 Å². The molecule has 23 heavy (non-hydrogen) atoms. The van der Waals surface area contributed by atoms with E-state index >= 15 is 0 Å². The molecule has 0 aliphatic carbocycles. The van der Waals surface area contributed by atoms with Crippen molar-refractivity contribution in [2.75, 3.05) is 27.2 Å². The van der Waals surface area contributed by atoms with Gasteiger partial charge in [0.2, 0.25) is 0 Å². The molecule has 3 aromatic rings. The average Bonchev–Trinajstić information content (AvgIpc) is 2.95. The van der Waals surface area contributed by atoms with Crippen LogP contribution in [0.15, 0.2) is 48.7 Å². The summed E-state index contributed by atoms with van der Waals surface area (Å²) in [6.07, 6.45) is 1.98. The smallest absolute Gasteiger partial charge is 0.180 e. The topological polar surface area (TPSA) is 55.8 Å². The van der Waals surface area contributed by atoms with Crippen molar-refractivity contribution in [2.45, 2.75) is 6.54 Å². The Bertz CT molecular complexity index is 780. The first kappa shape index (κ1) is 15.5. The first-order valence-corrected chi connectivity index (χ1v) is 7.73. The number of hydrogen-bond acceptors (Lipinski definition) is 4. The van der Waals surface area contributed by atoms with Crippen molar-refractivity contribution in [1.29, 1.82) is 0 Å². The summed E-state index contributed by atoms with van der Waals surface area (Å²) in [5.74, 6) is 0.784. The minimum Gasteiger partial charge on any atom is -0.488 e. The number of imidazole rings is 1. The van der Waals surface area contributed by atoms with Crippen LogP contribution in [0.4, 0.5) is 0 Å². The van der Waals surface area contributed by atoms with Crippen LogP contribution in [-0.2, 0) is 6.54 Å². The summed E-state index contributed by atoms with van der Waals surface area (Å²) in [5.41, 5.74) is 9.76. The fraction of sp³-hybridized carbons (Fsp3) is 0.278. The average molecular weight is 310 g/mol. The predicted octanol–water partition coefficient (Wildman–Crippen LogP) is 2.40. The van der Waals surface area contributed by atoms with Crippen LogP contribution in [0.5, 0.6) is 5.75 Å². The van der Waals surface area contributed by atoms with Crippen LogP contribution in [0.1, 0.15) is 5.69 Å². The molecular weight excluding hydrogens is 288 g/mol. The monoisotopic (exact) mass is 310 g/mol. The van der Waals surface area contributed by atoms with Crippen LogP contribution >= 0.6 is 0 Å². The maximum absolute atomic E-state index is 5.98. The third-order valence-corrected chi connectivity index (χ3v) is 3.75. The van der Waals surface area contributed by atoms with Gasteiger partial charge in [-0.2, -0.15) is 0 Å². The lowest BCUT2D eigenvalue weighted by Gasteiger charge is -2.11. The summed E-state index contributed by atoms with van der Waals surface area (Å²) < 4.78 is 7.93. The molecule has 0 fully saturated rings. The van der Waals surface area contributed by atoms with Crippen LogP contribution in [0.3, 0.4) is 0 Å². The zero-order valence-electron chi connectivity index (χ0n) is 13.6. The molecule has 0 unspecified atom stereocenters. The largest absolute Gasteiger partial charge is 0.488 e. The summed E-state index contributed by atoms with van der Waals surface area (Å²) in [5, 5.41) is 0. The minimum absolute atomic E-state index is 0.423. The maximum atomic E-state index is 5.98. The van der Waals surface area contributed by atoms with Crippen molar-refractivity contribution in [2.24, 2.45) is 5.73 Å². The normalized spacial score (nSPS) is 11.3. The molecule has 0 atom stereocenters. The van der Waals surface area contributed by atoms with Gasteiger partial charge in [-0.05, 0) is 26.2 Å². The van der Waals surface area contributed by atoms with Gasteiger partial charge >= 0.3 is 0 Å². The summed E-state index contributed by atoms with van der Waals surface area (Å²) in [4.78, 5) is 6.89. The molecule has 120 valence electrons. The Balaban J connectivity index is 2.03. The Morgan fingerprint density at radius 3 is 2.61 bits per heavy atom. The Morgan fingerprint density at radius 2 is 1.91 bits per heavy atom. The standard InChI is InChI=1S/C18H22N4O/c1-21(2)11-12-23-16-9-6-10-22-15(13-19)17(20-18(16)22)14-7-4-3-5-8-14/h3-10H,11-13,19H2,1-2H3. The van der Waals surface area contributed by atoms with Crippen LogP contribution < -0.4 is 10.5 Å². The fourth-order valence-corrected chi connectivity index (χ4v) is 2.56. The zero-order valence-corrected chi connectivity index (χ0v) is 13.6. The summed E-state index contributed by atoms with van der Waals surface area (Å²) in [6.45, 7) is 1.90. The Morgan fingerprint density at radius 1 is 1.13 bits per heavy atom. The number of nitrogens with zero attached hydrogens (tertiary/aromatic N) is 3. The van der Waals surface area contributed by atoms with E-state index in [1.807, 2.05) is 67.2 Å². The molecular formula is C18H22N4O. The van der Waals surface area contributed by atoms with E-state index in [0.29, 0.717) is 13.2 Å². The number of fused-ring (bicyclic) bond motifs is 1. The first-order chi connectivity index (χ1) is 11.2. The van der Waals surface area contributed by atoms with Gasteiger partial charge < -0.3 is 15.4 Å². The number of benzene rings is 1. The number of aromatic nitrogens is 2. The fourth-order valence-electron chi connectivity index (χ4n) is 2.56. The first-order valence-electron chi connectivity index (χ1n) is 7.73. The van der Waals surface area contributed by atoms with Crippen molar-refractivity contribution in [1.82, 2.24) is 14.3 Å². The highest BCUT2D eigenvalue weighted by Crippen LogP contribution is 2.28. The molecule has 0 saturated heterocycles. The van der Waals surface area contributed by atoms with Gasteiger partial charge in [0.25, 0.3) is 0 Å². The Hall–Kier alpha value is -2.37. The van der Waals surface area contributed by atoms with Crippen LogP contribution in [0.25, 0.3) is 16.9 Å². The van der Waals surface area contributed by atoms with Gasteiger partial charge in [-0.25, -0.2) is 4.98 Å². The van der Waals surface area contributed by atoms with Gasteiger partial charge in [0, 0.05) is 24.8 Å². The molecule has 2 N–H and O–H groups in total. The lowest BCUT2D eigenvalue weighted by atomic mass is 10.1. The van der Waals surface area contributed by atoms with E-state index in [-0.39, 0.29) is 0 Å². The van der Waals surface area contributed by atoms with Crippen LogP contribution in [0.2, 0.25) is 0 Å². The van der Waals surface area contributed by atoms with Crippen molar-refractivity contribution in [3.05, 3.63) is 54.4 Å². The quantitative estimate of drug-likeness (QED) is 0.759. The second-order valence-corrected chi connectivity index (χ2v) is 5.70. The molecule has 0 aliphatic rings. The van der Waals surface area contributed by atoms with E-state index in [1.54, 1.807) is 0 Å². The summed E-state index contributed by atoms with van der Waals surface area (Å²) >= 11 is 0. The Labute approximate surface area is 136 Å². The summed E-state index contributed by atoms with van der Waals surface area (Å²) in [6, 6.07) is 14.0. The lowest BCUT2D eigenvalue weighted by Crippen LogP contribution is -2.19. The van der Waals surface area contributed by atoms with Crippen molar-refractivity contribution >= 4 is 5.65 Å². The van der Waals surface area contributed by atoms with Crippen molar-refractivity contribution in [3.63, 3.8) is 0 Å². The third kappa shape index (κ3) is 3.21. The molecule has 3 rings (SSSR count). The van der Waals surface area contributed by atoms with Gasteiger partial charge in [0.1, 0.15) is 6.61 Å². The lowest BCUT2D eigenvalue weighted by molar-refractivity contribution is 0.262. The zero-order chi connectivity index (χ0) is 16.2. The van der Waals surface area contributed by atoms with Crippen molar-refractivity contribution < 1.29 is 4.74 Å². The molecule has 2 aromatic heterocycles. The molecule has 0 amide bonds. The summed E-state index contributed by atoms with van der Waals surface area (Å²) in [7, 11) is 4.05. The predicted molar refractivity (Wildman–Crippen MR) is 92.6 cm³/mol. The highest BCUT2D eigenvalue weighted by molar-refractivity contribution is 5.69. The molecule has 5 nitrogen and oxygen atoms in total. The van der Waals surface area contributed by atoms with Crippen LogP contribution in [-0.4, -0.2) is 41.5 Å². The highest BCUT2D eigenvalue weighted by Gasteiger charge is 2.15. The number of ether oxygens (including phenoxy) is 1. The molecule has 0 aliphatic heterocycles. The highest BCUT2D eigenvalue weighted by atomic mass is 16.5. The SMILES string of the molecule is CN(C)CCOc1cccn2c(CN)c(-c3ccccc3)nc12. The third-order valence-electron chi connectivity index (χ3n) is 3.75. The molecule has 0 spiro atoms. The van der Waals surface area contributed by atoms with E-state index < -0.39 is 0 Å². The van der Waals surface area contributed by atoms with E-state index in [4.69, 9.17) is 15.5 Å². The molecule has 0 bridgehead atoms. The maximum Gasteiger partial charge on any atom is 0.180 e. The molecule has 0 saturated carbocycles. The van der Waals surface area contributed by atoms with Crippen molar-refractivity contribution in [3.8, 4) is 17.0 Å². The second-order valence-electron chi connectivity index (χ2n) is 5.70. The minimum atomic E-state index is 0.423. The number of pyridine rings is 1. The number of likely N-dealkylation sites (N-methyl/N-ethyl adjacent to an activating group) is 1. The molecule has 0 radical (unpaired) electrons. The van der Waals surface area contributed by atoms with Gasteiger partial charge in [-0.15, -0.1) is 0 Å². The van der Waals surface area contributed by atoms with Gasteiger partial charge in [0.05, 0.1) is 11.4 Å². The molecule has 1 aromatic carbocycles. The Kier molecular flexibility index (Phi) is 4.60. The van der Waals surface area contributed by atoms with E-state index in [9.17, 15) is 0 Å². The van der Waals surface area contributed by atoms with E-state index in [1.165, 1.54) is 0 Å². The number of rotatable bonds is 6. The molecule has 5 heteroatoms. The van der Waals surface area contributed by atoms with Gasteiger partial charge in [-0.3, -0.25) is 4.40 Å². The number of hydrogen-bond donors (Lipinski definition) is 1. The second kappa shape index (κ2) is 6.81. The molecule has 2 heterocycles. The van der Waals surface area contributed by atoms with Gasteiger partial charge in [0.15, 0.2) is 11.4 Å².